The summed E-state index contributed by atoms with van der Waals surface area (Å²) in [7, 11) is 1.62. The molecule has 0 aliphatic carbocycles. The number of amides is 1. The fourth-order valence-electron chi connectivity index (χ4n) is 1.84. The van der Waals surface area contributed by atoms with Gasteiger partial charge >= 0.3 is 6.03 Å². The van der Waals surface area contributed by atoms with Crippen molar-refractivity contribution in [1.29, 1.82) is 0 Å². The van der Waals surface area contributed by atoms with Crippen molar-refractivity contribution < 1.29 is 9.53 Å². The number of carbonyl (C=O) groups is 1. The summed E-state index contributed by atoms with van der Waals surface area (Å²) in [6.45, 7) is 3.88. The van der Waals surface area contributed by atoms with Crippen LogP contribution in [0.4, 0.5) is 10.5 Å². The number of methoxy groups -OCH3 is 1. The number of benzene rings is 1. The van der Waals surface area contributed by atoms with Gasteiger partial charge in [0.05, 0.1) is 7.11 Å². The summed E-state index contributed by atoms with van der Waals surface area (Å²) in [5.41, 5.74) is 2.68. The molecule has 1 aromatic heterocycles. The van der Waals surface area contributed by atoms with E-state index in [0.717, 1.165) is 22.6 Å². The molecule has 5 heteroatoms. The minimum absolute atomic E-state index is 0.249. The molecule has 94 valence electrons. The van der Waals surface area contributed by atoms with Crippen molar-refractivity contribution in [1.82, 2.24) is 9.55 Å². The molecule has 1 aromatic carbocycles. The summed E-state index contributed by atoms with van der Waals surface area (Å²) in [4.78, 5) is 15.7. The highest BCUT2D eigenvalue weighted by Gasteiger charge is 2.11. The second kappa shape index (κ2) is 4.91. The lowest BCUT2D eigenvalue weighted by atomic mass is 10.1. The fraction of sp³-hybridized carbons (Fsp3) is 0.231. The number of aryl methyl sites for hydroxylation is 1. The maximum atomic E-state index is 11.9. The number of nitrogens with zero attached hydrogens (tertiary/aromatic N) is 2. The van der Waals surface area contributed by atoms with E-state index in [4.69, 9.17) is 4.74 Å². The van der Waals surface area contributed by atoms with E-state index in [1.54, 1.807) is 19.5 Å². The van der Waals surface area contributed by atoms with Gasteiger partial charge in [-0.15, -0.1) is 0 Å². The maximum absolute atomic E-state index is 11.9. The Morgan fingerprint density at radius 2 is 2.17 bits per heavy atom. The molecule has 0 atom stereocenters. The third kappa shape index (κ3) is 2.20. The van der Waals surface area contributed by atoms with Crippen LogP contribution < -0.4 is 10.1 Å². The smallest absolute Gasteiger partial charge is 0.331 e. The van der Waals surface area contributed by atoms with Crippen molar-refractivity contribution in [3.05, 3.63) is 42.0 Å². The lowest BCUT2D eigenvalue weighted by molar-refractivity contribution is 0.253. The number of anilines is 1. The van der Waals surface area contributed by atoms with Crippen molar-refractivity contribution in [2.24, 2.45) is 0 Å². The molecule has 1 heterocycles. The molecule has 0 radical (unpaired) electrons. The van der Waals surface area contributed by atoms with Crippen LogP contribution in [-0.2, 0) is 0 Å². The van der Waals surface area contributed by atoms with E-state index in [1.165, 1.54) is 10.9 Å². The highest BCUT2D eigenvalue weighted by atomic mass is 16.5. The topological polar surface area (TPSA) is 56.1 Å². The van der Waals surface area contributed by atoms with Gasteiger partial charge in [-0.25, -0.2) is 9.78 Å². The van der Waals surface area contributed by atoms with Crippen LogP contribution in [0.25, 0.3) is 0 Å². The summed E-state index contributed by atoms with van der Waals surface area (Å²) in [5, 5.41) is 2.82. The third-order valence-corrected chi connectivity index (χ3v) is 2.79. The molecule has 2 rings (SSSR count). The summed E-state index contributed by atoms with van der Waals surface area (Å²) in [5.74, 6) is 0.790. The van der Waals surface area contributed by atoms with Crippen molar-refractivity contribution in [2.45, 2.75) is 13.8 Å². The standard InChI is InChI=1S/C13H15N3O2/c1-9-4-5-11(10(2)12(9)18-3)15-13(17)16-7-6-14-8-16/h4-8H,1-3H3,(H,15,17). The first-order valence-corrected chi connectivity index (χ1v) is 5.57. The van der Waals surface area contributed by atoms with Crippen LogP contribution >= 0.6 is 0 Å². The molecular formula is C13H15N3O2. The van der Waals surface area contributed by atoms with Crippen LogP contribution in [0.2, 0.25) is 0 Å². The highest BCUT2D eigenvalue weighted by molar-refractivity contribution is 5.92. The average molecular weight is 245 g/mol. The lowest BCUT2D eigenvalue weighted by Crippen LogP contribution is -2.18. The molecule has 0 aliphatic rings. The van der Waals surface area contributed by atoms with E-state index < -0.39 is 0 Å². The monoisotopic (exact) mass is 245 g/mol. The summed E-state index contributed by atoms with van der Waals surface area (Å²) < 4.78 is 6.70. The van der Waals surface area contributed by atoms with E-state index >= 15 is 0 Å². The minimum Gasteiger partial charge on any atom is -0.496 e. The number of nitrogens with one attached hydrogen (secondary N) is 1. The molecule has 2 aromatic rings. The largest absolute Gasteiger partial charge is 0.496 e. The Morgan fingerprint density at radius 1 is 1.39 bits per heavy atom. The van der Waals surface area contributed by atoms with Crippen molar-refractivity contribution in [2.75, 3.05) is 12.4 Å². The summed E-state index contributed by atoms with van der Waals surface area (Å²) in [6, 6.07) is 3.53. The first kappa shape index (κ1) is 12.2. The fourth-order valence-corrected chi connectivity index (χ4v) is 1.84. The predicted molar refractivity (Wildman–Crippen MR) is 69.1 cm³/mol. The van der Waals surface area contributed by atoms with Crippen molar-refractivity contribution in [3.8, 4) is 5.75 Å². The van der Waals surface area contributed by atoms with Gasteiger partial charge in [0, 0.05) is 23.6 Å². The number of carbonyl (C=O) groups excluding carboxylic acids is 1. The molecule has 0 saturated heterocycles. The molecule has 0 saturated carbocycles. The number of hydrogen-bond donors (Lipinski definition) is 1. The number of hydrogen-bond acceptors (Lipinski definition) is 3. The van der Waals surface area contributed by atoms with Crippen LogP contribution in [0.1, 0.15) is 11.1 Å². The van der Waals surface area contributed by atoms with Gasteiger partial charge in [0.2, 0.25) is 0 Å². The number of imidazole rings is 1. The highest BCUT2D eigenvalue weighted by Crippen LogP contribution is 2.29. The van der Waals surface area contributed by atoms with E-state index in [0.29, 0.717) is 0 Å². The summed E-state index contributed by atoms with van der Waals surface area (Å²) >= 11 is 0. The molecule has 0 bridgehead atoms. The van der Waals surface area contributed by atoms with Crippen molar-refractivity contribution >= 4 is 11.7 Å². The second-order valence-corrected chi connectivity index (χ2v) is 3.99. The van der Waals surface area contributed by atoms with Gasteiger partial charge in [-0.2, -0.15) is 0 Å². The molecule has 18 heavy (non-hydrogen) atoms. The van der Waals surface area contributed by atoms with Gasteiger partial charge in [-0.3, -0.25) is 4.57 Å². The van der Waals surface area contributed by atoms with E-state index in [9.17, 15) is 4.79 Å². The Hall–Kier alpha value is -2.30. The SMILES string of the molecule is COc1c(C)ccc(NC(=O)n2ccnc2)c1C. The molecule has 0 aliphatic heterocycles. The first-order chi connectivity index (χ1) is 8.63. The molecule has 1 N–H and O–H groups in total. The zero-order valence-corrected chi connectivity index (χ0v) is 10.6. The maximum Gasteiger partial charge on any atom is 0.331 e. The van der Waals surface area contributed by atoms with Crippen LogP contribution in [0, 0.1) is 13.8 Å². The van der Waals surface area contributed by atoms with E-state index in [-0.39, 0.29) is 6.03 Å². The minimum atomic E-state index is -0.249. The van der Waals surface area contributed by atoms with Crippen LogP contribution in [0.5, 0.6) is 5.75 Å². The summed E-state index contributed by atoms with van der Waals surface area (Å²) in [6.07, 6.45) is 4.61. The Bertz CT molecular complexity index is 562. The Balaban J connectivity index is 2.27. The lowest BCUT2D eigenvalue weighted by Gasteiger charge is -2.13. The number of ether oxygens (including phenoxy) is 1. The first-order valence-electron chi connectivity index (χ1n) is 5.57. The van der Waals surface area contributed by atoms with Crippen LogP contribution in [-0.4, -0.2) is 22.7 Å². The normalized spacial score (nSPS) is 10.2. The van der Waals surface area contributed by atoms with Crippen molar-refractivity contribution in [3.63, 3.8) is 0 Å². The molecular weight excluding hydrogens is 230 g/mol. The predicted octanol–water partition coefficient (Wildman–Crippen LogP) is 2.59. The van der Waals surface area contributed by atoms with E-state index in [1.807, 2.05) is 26.0 Å². The van der Waals surface area contributed by atoms with Crippen LogP contribution in [0.3, 0.4) is 0 Å². The molecule has 1 amide bonds. The number of aromatic nitrogens is 2. The quantitative estimate of drug-likeness (QED) is 0.884. The van der Waals surface area contributed by atoms with Gasteiger partial charge in [0.15, 0.2) is 0 Å². The molecule has 0 fully saturated rings. The molecule has 0 unspecified atom stereocenters. The van der Waals surface area contributed by atoms with Gasteiger partial charge in [-0.1, -0.05) is 6.07 Å². The molecule has 0 spiro atoms. The Kier molecular flexibility index (Phi) is 3.32. The molecule has 5 nitrogen and oxygen atoms in total. The van der Waals surface area contributed by atoms with Crippen LogP contribution in [0.15, 0.2) is 30.9 Å². The average Bonchev–Trinajstić information content (AvgIpc) is 2.87. The van der Waals surface area contributed by atoms with Gasteiger partial charge in [0.25, 0.3) is 0 Å². The van der Waals surface area contributed by atoms with Gasteiger partial charge in [-0.05, 0) is 25.5 Å². The Labute approximate surface area is 105 Å². The number of rotatable bonds is 2. The second-order valence-electron chi connectivity index (χ2n) is 3.99. The van der Waals surface area contributed by atoms with Gasteiger partial charge < -0.3 is 10.1 Å². The van der Waals surface area contributed by atoms with E-state index in [2.05, 4.69) is 10.3 Å². The zero-order valence-electron chi connectivity index (χ0n) is 10.6. The third-order valence-electron chi connectivity index (χ3n) is 2.79. The Morgan fingerprint density at radius 3 is 2.78 bits per heavy atom. The zero-order chi connectivity index (χ0) is 13.1. The van der Waals surface area contributed by atoms with Gasteiger partial charge in [0.1, 0.15) is 12.1 Å².